The van der Waals surface area contributed by atoms with Crippen molar-refractivity contribution in [3.05, 3.63) is 34.9 Å². The minimum absolute atomic E-state index is 1.10. The molecule has 0 atom stereocenters. The maximum absolute atomic E-state index is 2.35. The maximum Gasteiger partial charge on any atom is -0.0164 e. The molecule has 0 aliphatic rings. The summed E-state index contributed by atoms with van der Waals surface area (Å²) in [5.41, 5.74) is 4.42. The van der Waals surface area contributed by atoms with Crippen molar-refractivity contribution >= 4 is 0 Å². The van der Waals surface area contributed by atoms with Crippen LogP contribution in [0.1, 0.15) is 60.3 Å². The summed E-state index contributed by atoms with van der Waals surface area (Å²) < 4.78 is 0. The van der Waals surface area contributed by atoms with Crippen LogP contribution in [0.25, 0.3) is 0 Å². The van der Waals surface area contributed by atoms with E-state index in [-0.39, 0.29) is 0 Å². The van der Waals surface area contributed by atoms with Crippen molar-refractivity contribution in [3.63, 3.8) is 0 Å². The summed E-state index contributed by atoms with van der Waals surface area (Å²) in [6, 6.07) is 0. The van der Waals surface area contributed by atoms with Crippen molar-refractivity contribution in [1.29, 1.82) is 0 Å². The third-order valence-electron chi connectivity index (χ3n) is 2.58. The van der Waals surface area contributed by atoms with Crippen molar-refractivity contribution in [3.8, 4) is 0 Å². The van der Waals surface area contributed by atoms with Gasteiger partial charge in [0.25, 0.3) is 0 Å². The van der Waals surface area contributed by atoms with Crippen LogP contribution in [-0.2, 0) is 0 Å². The number of rotatable bonds is 6. The minimum Gasteiger partial charge on any atom is -0.0856 e. The van der Waals surface area contributed by atoms with E-state index in [2.05, 4.69) is 52.8 Å². The normalized spacial score (nSPS) is 12.9. The number of hydrogen-bond acceptors (Lipinski definition) is 0. The van der Waals surface area contributed by atoms with E-state index in [0.717, 1.165) is 6.42 Å². The quantitative estimate of drug-likeness (QED) is 0.509. The highest BCUT2D eigenvalue weighted by Gasteiger charge is 1.88. The van der Waals surface area contributed by atoms with E-state index >= 15 is 0 Å². The molecule has 0 aromatic heterocycles. The lowest BCUT2D eigenvalue weighted by molar-refractivity contribution is 0.956. The Hall–Kier alpha value is -0.780. The fourth-order valence-corrected chi connectivity index (χ4v) is 1.30. The van der Waals surface area contributed by atoms with E-state index < -0.39 is 0 Å². The Balaban J connectivity index is 3.85. The smallest absolute Gasteiger partial charge is 0.0164 e. The van der Waals surface area contributed by atoms with Crippen LogP contribution in [-0.4, -0.2) is 0 Å². The van der Waals surface area contributed by atoms with E-state index in [1.165, 1.54) is 36.0 Å². The largest absolute Gasteiger partial charge is 0.0856 e. The predicted molar refractivity (Wildman–Crippen MR) is 71.1 cm³/mol. The van der Waals surface area contributed by atoms with E-state index in [1.807, 2.05) is 0 Å². The molecular formula is C15H26. The van der Waals surface area contributed by atoms with Gasteiger partial charge in [-0.15, -0.1) is 0 Å². The fourth-order valence-electron chi connectivity index (χ4n) is 1.30. The molecule has 86 valence electrons. The van der Waals surface area contributed by atoms with Crippen molar-refractivity contribution in [2.45, 2.75) is 60.3 Å². The first-order chi connectivity index (χ1) is 7.06. The van der Waals surface area contributed by atoms with Crippen molar-refractivity contribution in [1.82, 2.24) is 0 Å². The minimum atomic E-state index is 1.10. The Labute approximate surface area is 95.8 Å². The molecule has 0 unspecified atom stereocenters. The third-order valence-corrected chi connectivity index (χ3v) is 2.58. The van der Waals surface area contributed by atoms with Crippen LogP contribution in [0.3, 0.4) is 0 Å². The van der Waals surface area contributed by atoms with Gasteiger partial charge in [-0.2, -0.15) is 0 Å². The highest BCUT2D eigenvalue weighted by atomic mass is 13.9. The summed E-state index contributed by atoms with van der Waals surface area (Å²) >= 11 is 0. The van der Waals surface area contributed by atoms with Crippen LogP contribution >= 0.6 is 0 Å². The summed E-state index contributed by atoms with van der Waals surface area (Å²) in [6.07, 6.45) is 11.6. The van der Waals surface area contributed by atoms with Crippen molar-refractivity contribution < 1.29 is 0 Å². The van der Waals surface area contributed by atoms with Gasteiger partial charge < -0.3 is 0 Å². The van der Waals surface area contributed by atoms with Crippen molar-refractivity contribution in [2.75, 3.05) is 0 Å². The molecule has 0 fully saturated rings. The molecule has 0 spiro atoms. The molecule has 0 saturated heterocycles. The zero-order valence-corrected chi connectivity index (χ0v) is 11.1. The van der Waals surface area contributed by atoms with Gasteiger partial charge in [-0.05, 0) is 53.4 Å². The van der Waals surface area contributed by atoms with Crippen LogP contribution < -0.4 is 0 Å². The van der Waals surface area contributed by atoms with Gasteiger partial charge in [0.15, 0.2) is 0 Å². The SMILES string of the molecule is CCC(C)=CCC=C(C)CCC=C(C)C. The lowest BCUT2D eigenvalue weighted by atomic mass is 10.1. The molecule has 0 nitrogen and oxygen atoms in total. The van der Waals surface area contributed by atoms with Gasteiger partial charge in [-0.25, -0.2) is 0 Å². The van der Waals surface area contributed by atoms with Crippen LogP contribution in [0.2, 0.25) is 0 Å². The first-order valence-corrected chi connectivity index (χ1v) is 6.00. The Morgan fingerprint density at radius 2 is 1.47 bits per heavy atom. The Morgan fingerprint density at radius 1 is 0.867 bits per heavy atom. The number of allylic oxidation sites excluding steroid dienone is 6. The first kappa shape index (κ1) is 14.2. The first-order valence-electron chi connectivity index (χ1n) is 6.00. The standard InChI is InChI=1S/C15H26/c1-6-14(4)10-8-12-15(5)11-7-9-13(2)3/h9-10,12H,6-8,11H2,1-5H3. The molecule has 0 saturated carbocycles. The summed E-state index contributed by atoms with van der Waals surface area (Å²) in [6.45, 7) is 11.0. The fraction of sp³-hybridized carbons (Fsp3) is 0.600. The molecule has 0 radical (unpaired) electrons. The second-order valence-electron chi connectivity index (χ2n) is 4.51. The van der Waals surface area contributed by atoms with E-state index in [4.69, 9.17) is 0 Å². The van der Waals surface area contributed by atoms with Gasteiger partial charge in [0.1, 0.15) is 0 Å². The average Bonchev–Trinajstić information content (AvgIpc) is 2.17. The van der Waals surface area contributed by atoms with Gasteiger partial charge in [0, 0.05) is 0 Å². The van der Waals surface area contributed by atoms with Gasteiger partial charge in [0.2, 0.25) is 0 Å². The lowest BCUT2D eigenvalue weighted by Crippen LogP contribution is -1.78. The summed E-state index contributed by atoms with van der Waals surface area (Å²) in [4.78, 5) is 0. The van der Waals surface area contributed by atoms with E-state index in [1.54, 1.807) is 0 Å². The monoisotopic (exact) mass is 206 g/mol. The second kappa shape index (κ2) is 8.52. The molecule has 0 aromatic rings. The third kappa shape index (κ3) is 9.52. The summed E-state index contributed by atoms with van der Waals surface area (Å²) in [5, 5.41) is 0. The molecule has 15 heavy (non-hydrogen) atoms. The van der Waals surface area contributed by atoms with Gasteiger partial charge in [-0.1, -0.05) is 41.9 Å². The van der Waals surface area contributed by atoms with Crippen LogP contribution in [0.4, 0.5) is 0 Å². The molecule has 0 rings (SSSR count). The molecule has 0 aliphatic carbocycles. The number of hydrogen-bond donors (Lipinski definition) is 0. The zero-order chi connectivity index (χ0) is 11.7. The van der Waals surface area contributed by atoms with Gasteiger partial charge in [-0.3, -0.25) is 0 Å². The highest BCUT2D eigenvalue weighted by Crippen LogP contribution is 2.09. The molecule has 0 heteroatoms. The van der Waals surface area contributed by atoms with Gasteiger partial charge in [0.05, 0.1) is 0 Å². The molecule has 0 heterocycles. The second-order valence-corrected chi connectivity index (χ2v) is 4.51. The molecular weight excluding hydrogens is 180 g/mol. The van der Waals surface area contributed by atoms with Gasteiger partial charge >= 0.3 is 0 Å². The van der Waals surface area contributed by atoms with E-state index in [9.17, 15) is 0 Å². The van der Waals surface area contributed by atoms with Crippen molar-refractivity contribution in [2.24, 2.45) is 0 Å². The zero-order valence-electron chi connectivity index (χ0n) is 11.1. The molecule has 0 bridgehead atoms. The highest BCUT2D eigenvalue weighted by molar-refractivity contribution is 5.07. The predicted octanol–water partition coefficient (Wildman–Crippen LogP) is 5.43. The molecule has 0 N–H and O–H groups in total. The summed E-state index contributed by atoms with van der Waals surface area (Å²) in [5.74, 6) is 0. The topological polar surface area (TPSA) is 0 Å². The molecule has 0 aromatic carbocycles. The Kier molecular flexibility index (Phi) is 8.08. The maximum atomic E-state index is 2.35. The van der Waals surface area contributed by atoms with Crippen LogP contribution in [0.5, 0.6) is 0 Å². The van der Waals surface area contributed by atoms with Crippen LogP contribution in [0.15, 0.2) is 34.9 Å². The average molecular weight is 206 g/mol. The Bertz CT molecular complexity index is 247. The summed E-state index contributed by atoms with van der Waals surface area (Å²) in [7, 11) is 0. The molecule has 0 amide bonds. The van der Waals surface area contributed by atoms with Crippen LogP contribution in [0, 0.1) is 0 Å². The molecule has 0 aliphatic heterocycles. The lowest BCUT2D eigenvalue weighted by Gasteiger charge is -1.98. The van der Waals surface area contributed by atoms with E-state index in [0.29, 0.717) is 0 Å². The Morgan fingerprint density at radius 3 is 2.00 bits per heavy atom.